The summed E-state index contributed by atoms with van der Waals surface area (Å²) in [6, 6.07) is 0. The quantitative estimate of drug-likeness (QED) is 0.811. The number of aromatic nitrogens is 2. The van der Waals surface area contributed by atoms with Gasteiger partial charge >= 0.3 is 0 Å². The lowest BCUT2D eigenvalue weighted by atomic mass is 10.1. The molecule has 0 bridgehead atoms. The summed E-state index contributed by atoms with van der Waals surface area (Å²) in [5, 5.41) is 17.4. The number of aryl methyl sites for hydroxylation is 1. The summed E-state index contributed by atoms with van der Waals surface area (Å²) in [7, 11) is 2.19. The molecule has 3 rings (SSSR count). The van der Waals surface area contributed by atoms with Crippen molar-refractivity contribution in [2.75, 3.05) is 33.2 Å². The topological polar surface area (TPSA) is 55.4 Å². The number of aromatic amines is 1. The molecule has 5 heteroatoms. The molecule has 2 heterocycles. The van der Waals surface area contributed by atoms with Crippen molar-refractivity contribution >= 4 is 0 Å². The van der Waals surface area contributed by atoms with Crippen molar-refractivity contribution in [3.05, 3.63) is 17.0 Å². The molecule has 0 saturated carbocycles. The second kappa shape index (κ2) is 7.57. The Bertz CT molecular complexity index is 465. The van der Waals surface area contributed by atoms with Crippen molar-refractivity contribution < 1.29 is 5.11 Å². The van der Waals surface area contributed by atoms with Crippen LogP contribution in [0, 0.1) is 0 Å². The predicted octanol–water partition coefficient (Wildman–Crippen LogP) is 1.57. The lowest BCUT2D eigenvalue weighted by Crippen LogP contribution is -2.40. The van der Waals surface area contributed by atoms with Crippen LogP contribution in [0.25, 0.3) is 0 Å². The normalized spacial score (nSPS) is 21.0. The molecular formula is C17H30N4O. The summed E-state index contributed by atoms with van der Waals surface area (Å²) in [6.07, 6.45) is 8.09. The van der Waals surface area contributed by atoms with Gasteiger partial charge in [-0.2, -0.15) is 5.10 Å². The number of aliphatic hydroxyl groups excluding tert-OH is 1. The van der Waals surface area contributed by atoms with E-state index in [-0.39, 0.29) is 6.10 Å². The summed E-state index contributed by atoms with van der Waals surface area (Å²) < 4.78 is 0. The highest BCUT2D eigenvalue weighted by molar-refractivity contribution is 5.26. The van der Waals surface area contributed by atoms with E-state index in [0.717, 1.165) is 45.6 Å². The summed E-state index contributed by atoms with van der Waals surface area (Å²) in [5.41, 5.74) is 4.13. The molecule has 1 aliphatic carbocycles. The summed E-state index contributed by atoms with van der Waals surface area (Å²) >= 11 is 0. The van der Waals surface area contributed by atoms with Crippen LogP contribution in [0.1, 0.15) is 49.1 Å². The molecule has 0 aromatic carbocycles. The second-order valence-corrected chi connectivity index (χ2v) is 7.00. The van der Waals surface area contributed by atoms with Crippen molar-refractivity contribution in [1.29, 1.82) is 0 Å². The van der Waals surface area contributed by atoms with Gasteiger partial charge in [-0.1, -0.05) is 6.42 Å². The van der Waals surface area contributed by atoms with Crippen molar-refractivity contribution in [3.63, 3.8) is 0 Å². The number of nitrogens with zero attached hydrogens (tertiary/aromatic N) is 3. The van der Waals surface area contributed by atoms with Crippen LogP contribution in [-0.2, 0) is 19.4 Å². The predicted molar refractivity (Wildman–Crippen MR) is 87.9 cm³/mol. The number of rotatable bonds is 5. The largest absolute Gasteiger partial charge is 0.393 e. The number of likely N-dealkylation sites (N-methyl/N-ethyl adjacent to an activating group) is 1. The average Bonchev–Trinajstić information content (AvgIpc) is 2.74. The number of aliphatic hydroxyl groups is 1. The fraction of sp³-hybridized carbons (Fsp3) is 0.824. The molecule has 2 aliphatic rings. The first-order chi connectivity index (χ1) is 10.7. The highest BCUT2D eigenvalue weighted by Crippen LogP contribution is 2.22. The third-order valence-electron chi connectivity index (χ3n) is 5.17. The van der Waals surface area contributed by atoms with Gasteiger partial charge in [-0.05, 0) is 51.1 Å². The maximum Gasteiger partial charge on any atom is 0.0796 e. The smallest absolute Gasteiger partial charge is 0.0796 e. The van der Waals surface area contributed by atoms with Gasteiger partial charge in [0.2, 0.25) is 0 Å². The molecule has 1 saturated heterocycles. The van der Waals surface area contributed by atoms with Gasteiger partial charge in [0.1, 0.15) is 0 Å². The third kappa shape index (κ3) is 4.09. The van der Waals surface area contributed by atoms with Gasteiger partial charge in [0.05, 0.1) is 11.8 Å². The van der Waals surface area contributed by atoms with E-state index in [9.17, 15) is 5.11 Å². The van der Waals surface area contributed by atoms with Crippen LogP contribution in [0.3, 0.4) is 0 Å². The van der Waals surface area contributed by atoms with E-state index in [0.29, 0.717) is 0 Å². The van der Waals surface area contributed by atoms with Crippen LogP contribution in [-0.4, -0.2) is 64.4 Å². The molecule has 1 aromatic heterocycles. The number of nitrogens with one attached hydrogen (secondary N) is 1. The molecule has 0 amide bonds. The van der Waals surface area contributed by atoms with E-state index >= 15 is 0 Å². The number of fused-ring (bicyclic) bond motifs is 1. The maximum absolute atomic E-state index is 9.56. The minimum Gasteiger partial charge on any atom is -0.393 e. The SMILES string of the molecule is CN(CCN1CCC(O)CC1)Cc1n[nH]c2c1CCCCC2. The van der Waals surface area contributed by atoms with Gasteiger partial charge in [-0.15, -0.1) is 0 Å². The Morgan fingerprint density at radius 2 is 2.00 bits per heavy atom. The van der Waals surface area contributed by atoms with Crippen LogP contribution < -0.4 is 0 Å². The van der Waals surface area contributed by atoms with E-state index in [2.05, 4.69) is 27.0 Å². The number of H-pyrrole nitrogens is 1. The summed E-state index contributed by atoms with van der Waals surface area (Å²) in [4.78, 5) is 4.85. The Hall–Kier alpha value is -0.910. The lowest BCUT2D eigenvalue weighted by molar-refractivity contribution is 0.0778. The highest BCUT2D eigenvalue weighted by Gasteiger charge is 2.19. The molecule has 1 aromatic rings. The van der Waals surface area contributed by atoms with Crippen molar-refractivity contribution in [1.82, 2.24) is 20.0 Å². The zero-order valence-corrected chi connectivity index (χ0v) is 13.9. The Kier molecular flexibility index (Phi) is 5.50. The first-order valence-corrected chi connectivity index (χ1v) is 8.86. The number of hydrogen-bond acceptors (Lipinski definition) is 4. The monoisotopic (exact) mass is 306 g/mol. The van der Waals surface area contributed by atoms with Crippen molar-refractivity contribution in [3.8, 4) is 0 Å². The van der Waals surface area contributed by atoms with Crippen LogP contribution >= 0.6 is 0 Å². The van der Waals surface area contributed by atoms with E-state index < -0.39 is 0 Å². The molecule has 0 unspecified atom stereocenters. The van der Waals surface area contributed by atoms with Gasteiger partial charge in [0.25, 0.3) is 0 Å². The fourth-order valence-corrected chi connectivity index (χ4v) is 3.65. The second-order valence-electron chi connectivity index (χ2n) is 7.00. The molecule has 2 N–H and O–H groups in total. The van der Waals surface area contributed by atoms with Crippen LogP contribution in [0.15, 0.2) is 0 Å². The zero-order chi connectivity index (χ0) is 15.4. The first-order valence-electron chi connectivity index (χ1n) is 8.86. The van der Waals surface area contributed by atoms with Gasteiger partial charge < -0.3 is 10.0 Å². The fourth-order valence-electron chi connectivity index (χ4n) is 3.65. The Labute approximate surface area is 133 Å². The van der Waals surface area contributed by atoms with Crippen LogP contribution in [0.4, 0.5) is 0 Å². The third-order valence-corrected chi connectivity index (χ3v) is 5.17. The Morgan fingerprint density at radius 3 is 2.82 bits per heavy atom. The van der Waals surface area contributed by atoms with Crippen molar-refractivity contribution in [2.45, 2.75) is 57.6 Å². The average molecular weight is 306 g/mol. The van der Waals surface area contributed by atoms with Gasteiger partial charge in [0.15, 0.2) is 0 Å². The molecule has 5 nitrogen and oxygen atoms in total. The highest BCUT2D eigenvalue weighted by atomic mass is 16.3. The molecule has 22 heavy (non-hydrogen) atoms. The Balaban J connectivity index is 1.47. The number of likely N-dealkylation sites (tertiary alicyclic amines) is 1. The minimum atomic E-state index is -0.0755. The number of piperidine rings is 1. The molecule has 1 aliphatic heterocycles. The molecule has 0 spiro atoms. The van der Waals surface area contributed by atoms with E-state index in [1.807, 2.05) is 0 Å². The summed E-state index contributed by atoms with van der Waals surface area (Å²) in [5.74, 6) is 0. The zero-order valence-electron chi connectivity index (χ0n) is 13.9. The minimum absolute atomic E-state index is 0.0755. The molecular weight excluding hydrogens is 276 g/mol. The first kappa shape index (κ1) is 16.0. The maximum atomic E-state index is 9.56. The standard InChI is InChI=1S/C17H30N4O/c1-20(11-12-21-9-7-14(22)8-10-21)13-17-15-5-3-2-4-6-16(15)18-19-17/h14,22H,2-13H2,1H3,(H,18,19). The van der Waals surface area contributed by atoms with E-state index in [1.54, 1.807) is 0 Å². The van der Waals surface area contributed by atoms with Gasteiger partial charge in [-0.25, -0.2) is 0 Å². The van der Waals surface area contributed by atoms with Crippen molar-refractivity contribution in [2.24, 2.45) is 0 Å². The molecule has 0 atom stereocenters. The van der Waals surface area contributed by atoms with E-state index in [1.165, 1.54) is 49.1 Å². The summed E-state index contributed by atoms with van der Waals surface area (Å²) in [6.45, 7) is 5.18. The van der Waals surface area contributed by atoms with Crippen LogP contribution in [0.5, 0.6) is 0 Å². The van der Waals surface area contributed by atoms with E-state index in [4.69, 9.17) is 0 Å². The van der Waals surface area contributed by atoms with Crippen LogP contribution in [0.2, 0.25) is 0 Å². The Morgan fingerprint density at radius 1 is 1.23 bits per heavy atom. The number of hydrogen-bond donors (Lipinski definition) is 2. The lowest BCUT2D eigenvalue weighted by Gasteiger charge is -2.30. The van der Waals surface area contributed by atoms with Gasteiger partial charge in [-0.3, -0.25) is 10.00 Å². The van der Waals surface area contributed by atoms with Gasteiger partial charge in [0, 0.05) is 38.4 Å². The molecule has 1 fully saturated rings. The molecule has 124 valence electrons. The molecule has 0 radical (unpaired) electrons.